The Kier molecular flexibility index (Phi) is 4.36. The summed E-state index contributed by atoms with van der Waals surface area (Å²) in [5, 5.41) is 7.99. The summed E-state index contributed by atoms with van der Waals surface area (Å²) in [6.07, 6.45) is 7.10. The number of nitrogens with zero attached hydrogens (tertiary/aromatic N) is 4. The Bertz CT molecular complexity index is 416. The van der Waals surface area contributed by atoms with E-state index in [2.05, 4.69) is 34.1 Å². The van der Waals surface area contributed by atoms with Crippen LogP contribution < -0.4 is 5.32 Å². The molecule has 0 unspecified atom stereocenters. The summed E-state index contributed by atoms with van der Waals surface area (Å²) in [6.45, 7) is 8.88. The molecule has 0 spiro atoms. The lowest BCUT2D eigenvalue weighted by Crippen LogP contribution is -2.38. The molecule has 0 bridgehead atoms. The summed E-state index contributed by atoms with van der Waals surface area (Å²) in [7, 11) is 0. The number of likely N-dealkylation sites (tertiary alicyclic amines) is 1. The lowest BCUT2D eigenvalue weighted by molar-refractivity contribution is 0.168. The summed E-state index contributed by atoms with van der Waals surface area (Å²) in [4.78, 5) is 6.94. The van der Waals surface area contributed by atoms with E-state index in [0.29, 0.717) is 6.04 Å². The number of piperidine rings is 1. The quantitative estimate of drug-likeness (QED) is 0.861. The topological polar surface area (TPSA) is 46.0 Å². The summed E-state index contributed by atoms with van der Waals surface area (Å²) < 4.78 is 2.04. The number of hydrogen-bond donors (Lipinski definition) is 1. The van der Waals surface area contributed by atoms with Gasteiger partial charge in [0, 0.05) is 12.1 Å². The molecule has 0 radical (unpaired) electrons. The van der Waals surface area contributed by atoms with Crippen LogP contribution in [0.4, 0.5) is 0 Å². The molecule has 1 N–H and O–H groups in total. The van der Waals surface area contributed by atoms with E-state index in [9.17, 15) is 0 Å². The van der Waals surface area contributed by atoms with Crippen molar-refractivity contribution in [1.82, 2.24) is 25.0 Å². The van der Waals surface area contributed by atoms with E-state index in [4.69, 9.17) is 0 Å². The van der Waals surface area contributed by atoms with E-state index < -0.39 is 0 Å². The average Bonchev–Trinajstić information content (AvgIpc) is 3.16. The van der Waals surface area contributed by atoms with Gasteiger partial charge in [0.15, 0.2) is 0 Å². The van der Waals surface area contributed by atoms with Gasteiger partial charge in [-0.05, 0) is 65.1 Å². The first kappa shape index (κ1) is 14.0. The molecule has 5 nitrogen and oxygen atoms in total. The van der Waals surface area contributed by atoms with Crippen molar-refractivity contribution < 1.29 is 0 Å². The molecule has 2 aliphatic rings. The molecule has 0 amide bonds. The van der Waals surface area contributed by atoms with Crippen LogP contribution in [0, 0.1) is 5.92 Å². The maximum Gasteiger partial charge on any atom is 0.141 e. The third-order valence-electron chi connectivity index (χ3n) is 4.48. The molecule has 2 fully saturated rings. The van der Waals surface area contributed by atoms with Crippen LogP contribution in [0.3, 0.4) is 0 Å². The lowest BCUT2D eigenvalue weighted by Gasteiger charge is -2.32. The number of hydrogen-bond acceptors (Lipinski definition) is 4. The summed E-state index contributed by atoms with van der Waals surface area (Å²) in [6, 6.07) is 1.24. The number of aromatic nitrogens is 3. The molecule has 20 heavy (non-hydrogen) atoms. The minimum atomic E-state index is 0.396. The van der Waals surface area contributed by atoms with Crippen molar-refractivity contribution in [2.45, 2.75) is 58.2 Å². The normalized spacial score (nSPS) is 21.8. The van der Waals surface area contributed by atoms with Gasteiger partial charge < -0.3 is 5.32 Å². The number of nitrogens with one attached hydrogen (secondary N) is 1. The standard InChI is InChI=1S/C15H27N5/c1-12(2)20-15(17-11-18-20)10-19-7-5-13(6-8-19)9-16-14-3-4-14/h11-14,16H,3-10H2,1-2H3. The molecular formula is C15H27N5. The van der Waals surface area contributed by atoms with Crippen molar-refractivity contribution in [3.63, 3.8) is 0 Å². The summed E-state index contributed by atoms with van der Waals surface area (Å²) in [5.74, 6) is 1.98. The van der Waals surface area contributed by atoms with Crippen molar-refractivity contribution in [3.8, 4) is 0 Å². The van der Waals surface area contributed by atoms with E-state index in [1.54, 1.807) is 6.33 Å². The maximum absolute atomic E-state index is 4.42. The zero-order chi connectivity index (χ0) is 13.9. The second kappa shape index (κ2) is 6.22. The summed E-state index contributed by atoms with van der Waals surface area (Å²) in [5.41, 5.74) is 0. The fourth-order valence-corrected chi connectivity index (χ4v) is 2.99. The van der Waals surface area contributed by atoms with Crippen LogP contribution in [0.5, 0.6) is 0 Å². The van der Waals surface area contributed by atoms with Crippen molar-refractivity contribution in [2.24, 2.45) is 5.92 Å². The molecule has 1 aliphatic carbocycles. The zero-order valence-electron chi connectivity index (χ0n) is 12.8. The first-order chi connectivity index (χ1) is 9.72. The van der Waals surface area contributed by atoms with Crippen molar-refractivity contribution >= 4 is 0 Å². The fraction of sp³-hybridized carbons (Fsp3) is 0.867. The Morgan fingerprint density at radius 2 is 2.00 bits per heavy atom. The second-order valence-electron chi connectivity index (χ2n) is 6.62. The molecule has 112 valence electrons. The number of rotatable bonds is 6. The van der Waals surface area contributed by atoms with Gasteiger partial charge in [-0.15, -0.1) is 0 Å². The van der Waals surface area contributed by atoms with Gasteiger partial charge >= 0.3 is 0 Å². The van der Waals surface area contributed by atoms with Gasteiger partial charge in [0.1, 0.15) is 12.2 Å². The molecule has 5 heteroatoms. The largest absolute Gasteiger partial charge is 0.314 e. The van der Waals surface area contributed by atoms with Gasteiger partial charge in [-0.25, -0.2) is 9.67 Å². The first-order valence-electron chi connectivity index (χ1n) is 8.06. The predicted octanol–water partition coefficient (Wildman–Crippen LogP) is 1.82. The fourth-order valence-electron chi connectivity index (χ4n) is 2.99. The van der Waals surface area contributed by atoms with E-state index >= 15 is 0 Å². The second-order valence-corrected chi connectivity index (χ2v) is 6.62. The highest BCUT2D eigenvalue weighted by molar-refractivity contribution is 4.88. The van der Waals surface area contributed by atoms with Crippen molar-refractivity contribution in [3.05, 3.63) is 12.2 Å². The van der Waals surface area contributed by atoms with Crippen LogP contribution in [0.25, 0.3) is 0 Å². The predicted molar refractivity (Wildman–Crippen MR) is 79.4 cm³/mol. The van der Waals surface area contributed by atoms with E-state index in [1.165, 1.54) is 45.3 Å². The molecule has 2 heterocycles. The Morgan fingerprint density at radius 1 is 1.25 bits per heavy atom. The third-order valence-corrected chi connectivity index (χ3v) is 4.48. The highest BCUT2D eigenvalue weighted by atomic mass is 15.4. The van der Waals surface area contributed by atoms with Gasteiger partial charge in [0.2, 0.25) is 0 Å². The van der Waals surface area contributed by atoms with Crippen LogP contribution in [0.2, 0.25) is 0 Å². The van der Waals surface area contributed by atoms with Crippen LogP contribution in [-0.4, -0.2) is 45.3 Å². The summed E-state index contributed by atoms with van der Waals surface area (Å²) >= 11 is 0. The SMILES string of the molecule is CC(C)n1ncnc1CN1CCC(CNC2CC2)CC1. The van der Waals surface area contributed by atoms with Crippen LogP contribution in [-0.2, 0) is 6.54 Å². The highest BCUT2D eigenvalue weighted by Gasteiger charge is 2.24. The Morgan fingerprint density at radius 3 is 2.65 bits per heavy atom. The molecule has 1 aromatic heterocycles. The van der Waals surface area contributed by atoms with Gasteiger partial charge in [-0.2, -0.15) is 5.10 Å². The third kappa shape index (κ3) is 3.58. The molecule has 0 aromatic carbocycles. The van der Waals surface area contributed by atoms with Crippen molar-refractivity contribution in [1.29, 1.82) is 0 Å². The molecule has 1 aliphatic heterocycles. The smallest absolute Gasteiger partial charge is 0.141 e. The van der Waals surface area contributed by atoms with Gasteiger partial charge in [0.05, 0.1) is 6.54 Å². The molecule has 1 aromatic rings. The zero-order valence-corrected chi connectivity index (χ0v) is 12.8. The van der Waals surface area contributed by atoms with Crippen LogP contribution in [0.1, 0.15) is 51.4 Å². The molecule has 0 atom stereocenters. The van der Waals surface area contributed by atoms with E-state index in [1.807, 2.05) is 4.68 Å². The minimum Gasteiger partial charge on any atom is -0.314 e. The van der Waals surface area contributed by atoms with E-state index in [0.717, 1.165) is 24.3 Å². The Balaban J connectivity index is 1.44. The monoisotopic (exact) mass is 277 g/mol. The van der Waals surface area contributed by atoms with E-state index in [-0.39, 0.29) is 0 Å². The molecule has 3 rings (SSSR count). The van der Waals surface area contributed by atoms with Gasteiger partial charge in [0.25, 0.3) is 0 Å². The molecule has 1 saturated carbocycles. The lowest BCUT2D eigenvalue weighted by atomic mass is 9.97. The van der Waals surface area contributed by atoms with Gasteiger partial charge in [-0.1, -0.05) is 0 Å². The average molecular weight is 277 g/mol. The van der Waals surface area contributed by atoms with Crippen molar-refractivity contribution in [2.75, 3.05) is 19.6 Å². The van der Waals surface area contributed by atoms with Crippen LogP contribution >= 0.6 is 0 Å². The van der Waals surface area contributed by atoms with Crippen LogP contribution in [0.15, 0.2) is 6.33 Å². The minimum absolute atomic E-state index is 0.396. The Labute approximate surface area is 121 Å². The maximum atomic E-state index is 4.42. The first-order valence-corrected chi connectivity index (χ1v) is 8.06. The van der Waals surface area contributed by atoms with Gasteiger partial charge in [-0.3, -0.25) is 4.90 Å². The molecular weight excluding hydrogens is 250 g/mol. The Hall–Kier alpha value is -0.940. The molecule has 1 saturated heterocycles. The highest BCUT2D eigenvalue weighted by Crippen LogP contribution is 2.22.